The largest absolute Gasteiger partial charge is 0.496 e. The molecule has 0 aromatic heterocycles. The smallest absolute Gasteiger partial charge is 0.237 e. The van der Waals surface area contributed by atoms with Gasteiger partial charge in [0.15, 0.2) is 0 Å². The van der Waals surface area contributed by atoms with Crippen molar-refractivity contribution in [1.29, 1.82) is 0 Å². The number of hydrogen-bond donors (Lipinski definition) is 2. The number of nitrogens with one attached hydrogen (secondary N) is 1. The number of ether oxygens (including phenoxy) is 2. The lowest BCUT2D eigenvalue weighted by Crippen LogP contribution is -2.42. The highest BCUT2D eigenvalue weighted by Crippen LogP contribution is 2.24. The van der Waals surface area contributed by atoms with Crippen LogP contribution in [0.15, 0.2) is 24.3 Å². The quantitative estimate of drug-likeness (QED) is 0.778. The predicted octanol–water partition coefficient (Wildman–Crippen LogP) is 1.24. The predicted molar refractivity (Wildman–Crippen MR) is 74.0 cm³/mol. The van der Waals surface area contributed by atoms with Crippen LogP contribution in [0.4, 0.5) is 0 Å². The molecule has 0 spiro atoms. The van der Waals surface area contributed by atoms with Crippen LogP contribution in [-0.2, 0) is 9.53 Å². The van der Waals surface area contributed by atoms with Gasteiger partial charge in [-0.3, -0.25) is 4.79 Å². The molecule has 0 fully saturated rings. The molecule has 19 heavy (non-hydrogen) atoms. The minimum Gasteiger partial charge on any atom is -0.496 e. The zero-order valence-corrected chi connectivity index (χ0v) is 11.7. The molecule has 0 saturated carbocycles. The third-order valence-corrected chi connectivity index (χ3v) is 2.93. The molecule has 0 aliphatic rings. The van der Waals surface area contributed by atoms with E-state index in [1.807, 2.05) is 31.2 Å². The highest BCUT2D eigenvalue weighted by Gasteiger charge is 2.18. The molecular formula is C14H22N2O3. The standard InChI is InChI=1S/C14H22N2O3/c1-10(11-6-4-5-7-13(11)19-3)16-14(17)12(15)8-9-18-2/h4-7,10,12H,8-9,15H2,1-3H3,(H,16,17). The Labute approximate surface area is 114 Å². The first-order valence-electron chi connectivity index (χ1n) is 6.28. The summed E-state index contributed by atoms with van der Waals surface area (Å²) in [6.45, 7) is 2.37. The number of hydrogen-bond acceptors (Lipinski definition) is 4. The fourth-order valence-electron chi connectivity index (χ4n) is 1.80. The molecule has 0 radical (unpaired) electrons. The van der Waals surface area contributed by atoms with Crippen LogP contribution in [-0.4, -0.2) is 32.8 Å². The summed E-state index contributed by atoms with van der Waals surface area (Å²) in [6, 6.07) is 6.87. The second kappa shape index (κ2) is 7.76. The van der Waals surface area contributed by atoms with Gasteiger partial charge in [-0.2, -0.15) is 0 Å². The first-order valence-corrected chi connectivity index (χ1v) is 6.28. The Kier molecular flexibility index (Phi) is 6.32. The van der Waals surface area contributed by atoms with Crippen molar-refractivity contribution >= 4 is 5.91 Å². The summed E-state index contributed by atoms with van der Waals surface area (Å²) in [5.41, 5.74) is 6.70. The minimum absolute atomic E-state index is 0.155. The molecule has 1 amide bonds. The number of benzene rings is 1. The van der Waals surface area contributed by atoms with Gasteiger partial charge in [0.25, 0.3) is 0 Å². The molecule has 0 bridgehead atoms. The van der Waals surface area contributed by atoms with E-state index in [0.29, 0.717) is 13.0 Å². The molecule has 1 aromatic rings. The van der Waals surface area contributed by atoms with E-state index in [4.69, 9.17) is 15.2 Å². The number of methoxy groups -OCH3 is 2. The molecule has 2 unspecified atom stereocenters. The molecule has 1 rings (SSSR count). The number of nitrogens with two attached hydrogens (primary N) is 1. The number of amides is 1. The van der Waals surface area contributed by atoms with Crippen LogP contribution in [0, 0.1) is 0 Å². The van der Waals surface area contributed by atoms with Gasteiger partial charge in [0, 0.05) is 19.3 Å². The maximum atomic E-state index is 11.9. The van der Waals surface area contributed by atoms with Gasteiger partial charge in [-0.1, -0.05) is 18.2 Å². The average Bonchev–Trinajstić information content (AvgIpc) is 2.44. The Hall–Kier alpha value is -1.59. The van der Waals surface area contributed by atoms with Gasteiger partial charge < -0.3 is 20.5 Å². The molecule has 5 heteroatoms. The van der Waals surface area contributed by atoms with E-state index in [9.17, 15) is 4.79 Å². The van der Waals surface area contributed by atoms with Crippen LogP contribution in [0.3, 0.4) is 0 Å². The van der Waals surface area contributed by atoms with E-state index < -0.39 is 6.04 Å². The van der Waals surface area contributed by atoms with Crippen molar-refractivity contribution in [2.24, 2.45) is 5.73 Å². The number of para-hydroxylation sites is 1. The molecule has 5 nitrogen and oxygen atoms in total. The van der Waals surface area contributed by atoms with Crippen LogP contribution in [0.25, 0.3) is 0 Å². The van der Waals surface area contributed by atoms with Crippen LogP contribution < -0.4 is 15.8 Å². The van der Waals surface area contributed by atoms with E-state index in [2.05, 4.69) is 5.32 Å². The molecule has 0 aliphatic heterocycles. The number of carbonyl (C=O) groups is 1. The lowest BCUT2D eigenvalue weighted by Gasteiger charge is -2.19. The van der Waals surface area contributed by atoms with E-state index in [0.717, 1.165) is 11.3 Å². The Morgan fingerprint density at radius 1 is 1.37 bits per heavy atom. The van der Waals surface area contributed by atoms with Crippen LogP contribution >= 0.6 is 0 Å². The van der Waals surface area contributed by atoms with Crippen LogP contribution in [0.5, 0.6) is 5.75 Å². The maximum Gasteiger partial charge on any atom is 0.237 e. The summed E-state index contributed by atoms with van der Waals surface area (Å²) in [7, 11) is 3.19. The van der Waals surface area contributed by atoms with E-state index in [1.165, 1.54) is 0 Å². The van der Waals surface area contributed by atoms with Gasteiger partial charge >= 0.3 is 0 Å². The molecule has 1 aromatic carbocycles. The van der Waals surface area contributed by atoms with E-state index >= 15 is 0 Å². The summed E-state index contributed by atoms with van der Waals surface area (Å²) in [5, 5.41) is 2.88. The monoisotopic (exact) mass is 266 g/mol. The Morgan fingerprint density at radius 2 is 2.05 bits per heavy atom. The second-order valence-electron chi connectivity index (χ2n) is 4.36. The lowest BCUT2D eigenvalue weighted by atomic mass is 10.1. The minimum atomic E-state index is -0.558. The normalized spacial score (nSPS) is 13.7. The van der Waals surface area contributed by atoms with Gasteiger partial charge in [-0.25, -0.2) is 0 Å². The molecule has 106 valence electrons. The van der Waals surface area contributed by atoms with Gasteiger partial charge in [-0.05, 0) is 19.4 Å². The summed E-state index contributed by atoms with van der Waals surface area (Å²) in [5.74, 6) is 0.566. The maximum absolute atomic E-state index is 11.9. The van der Waals surface area contributed by atoms with Crippen molar-refractivity contribution in [2.75, 3.05) is 20.8 Å². The zero-order chi connectivity index (χ0) is 14.3. The van der Waals surface area contributed by atoms with E-state index in [-0.39, 0.29) is 11.9 Å². The van der Waals surface area contributed by atoms with Crippen LogP contribution in [0.2, 0.25) is 0 Å². The Bertz CT molecular complexity index is 409. The topological polar surface area (TPSA) is 73.6 Å². The molecule has 0 aliphatic carbocycles. The molecule has 0 heterocycles. The fourth-order valence-corrected chi connectivity index (χ4v) is 1.80. The van der Waals surface area contributed by atoms with Crippen molar-refractivity contribution in [2.45, 2.75) is 25.4 Å². The van der Waals surface area contributed by atoms with Crippen molar-refractivity contribution in [3.8, 4) is 5.75 Å². The fraction of sp³-hybridized carbons (Fsp3) is 0.500. The Balaban J connectivity index is 2.63. The SMILES string of the molecule is COCCC(N)C(=O)NC(C)c1ccccc1OC. The first kappa shape index (κ1) is 15.5. The van der Waals surface area contributed by atoms with Gasteiger partial charge in [0.2, 0.25) is 5.91 Å². The van der Waals surface area contributed by atoms with Gasteiger partial charge in [-0.15, -0.1) is 0 Å². The third kappa shape index (κ3) is 4.54. The van der Waals surface area contributed by atoms with Crippen molar-refractivity contribution in [3.63, 3.8) is 0 Å². The highest BCUT2D eigenvalue weighted by molar-refractivity contribution is 5.81. The number of rotatable bonds is 7. The molecule has 0 saturated heterocycles. The van der Waals surface area contributed by atoms with Gasteiger partial charge in [0.05, 0.1) is 19.2 Å². The van der Waals surface area contributed by atoms with Gasteiger partial charge in [0.1, 0.15) is 5.75 Å². The number of carbonyl (C=O) groups excluding carboxylic acids is 1. The molecule has 2 atom stereocenters. The van der Waals surface area contributed by atoms with Crippen molar-refractivity contribution in [3.05, 3.63) is 29.8 Å². The summed E-state index contributed by atoms with van der Waals surface area (Å²) < 4.78 is 10.2. The summed E-state index contributed by atoms with van der Waals surface area (Å²) in [4.78, 5) is 11.9. The van der Waals surface area contributed by atoms with E-state index in [1.54, 1.807) is 14.2 Å². The van der Waals surface area contributed by atoms with Crippen LogP contribution in [0.1, 0.15) is 24.9 Å². The summed E-state index contributed by atoms with van der Waals surface area (Å²) in [6.07, 6.45) is 0.501. The molecule has 3 N–H and O–H groups in total. The average molecular weight is 266 g/mol. The first-order chi connectivity index (χ1) is 9.10. The van der Waals surface area contributed by atoms with Crippen molar-refractivity contribution in [1.82, 2.24) is 5.32 Å². The zero-order valence-electron chi connectivity index (χ0n) is 11.7. The molecular weight excluding hydrogens is 244 g/mol. The van der Waals surface area contributed by atoms with Crippen molar-refractivity contribution < 1.29 is 14.3 Å². The third-order valence-electron chi connectivity index (χ3n) is 2.93. The summed E-state index contributed by atoms with van der Waals surface area (Å²) >= 11 is 0. The lowest BCUT2D eigenvalue weighted by molar-refractivity contribution is -0.123. The second-order valence-corrected chi connectivity index (χ2v) is 4.36. The highest BCUT2D eigenvalue weighted by atomic mass is 16.5. The Morgan fingerprint density at radius 3 is 2.68 bits per heavy atom.